The van der Waals surface area contributed by atoms with E-state index in [4.69, 9.17) is 10.5 Å². The van der Waals surface area contributed by atoms with Gasteiger partial charge in [-0.2, -0.15) is 0 Å². The van der Waals surface area contributed by atoms with Gasteiger partial charge in [0.25, 0.3) is 5.91 Å². The number of nitrogens with two attached hydrogens (primary N) is 1. The van der Waals surface area contributed by atoms with Gasteiger partial charge in [0.2, 0.25) is 5.91 Å². The van der Waals surface area contributed by atoms with E-state index >= 15 is 0 Å². The summed E-state index contributed by atoms with van der Waals surface area (Å²) in [4.78, 5) is 23.7. The lowest BCUT2D eigenvalue weighted by Crippen LogP contribution is -2.41. The normalized spacial score (nSPS) is 22.3. The molecule has 3 N–H and O–H groups in total. The van der Waals surface area contributed by atoms with E-state index in [0.29, 0.717) is 18.0 Å². The fourth-order valence-electron chi connectivity index (χ4n) is 2.85. The Kier molecular flexibility index (Phi) is 4.67. The molecule has 1 aliphatic heterocycles. The summed E-state index contributed by atoms with van der Waals surface area (Å²) in [5.41, 5.74) is 6.22. The van der Waals surface area contributed by atoms with Crippen LogP contribution in [0.3, 0.4) is 0 Å². The maximum absolute atomic E-state index is 12.5. The molecule has 1 saturated heterocycles. The number of hydrogen-bond donors (Lipinski definition) is 2. The third-order valence-electron chi connectivity index (χ3n) is 3.89. The third kappa shape index (κ3) is 3.44. The molecule has 1 fully saturated rings. The zero-order valence-electron chi connectivity index (χ0n) is 12.8. The van der Waals surface area contributed by atoms with E-state index in [-0.39, 0.29) is 23.8 Å². The number of hydrogen-bond acceptors (Lipinski definition) is 3. The summed E-state index contributed by atoms with van der Waals surface area (Å²) in [5, 5.41) is 2.87. The largest absolute Gasteiger partial charge is 0.377 e. The Morgan fingerprint density at radius 3 is 2.76 bits per heavy atom. The maximum atomic E-state index is 12.5. The molecular weight excluding hydrogens is 270 g/mol. The van der Waals surface area contributed by atoms with Gasteiger partial charge < -0.3 is 20.4 Å². The highest BCUT2D eigenvalue weighted by Gasteiger charge is 2.34. The maximum Gasteiger partial charge on any atom is 0.265 e. The van der Waals surface area contributed by atoms with Crippen LogP contribution in [-0.2, 0) is 16.6 Å². The number of nitrogens with one attached hydrogen (secondary N) is 1. The van der Waals surface area contributed by atoms with E-state index in [1.54, 1.807) is 23.9 Å². The van der Waals surface area contributed by atoms with Gasteiger partial charge in [0.05, 0.1) is 17.7 Å². The molecule has 0 radical (unpaired) electrons. The minimum absolute atomic E-state index is 0.0573. The van der Waals surface area contributed by atoms with Crippen molar-refractivity contribution in [1.82, 2.24) is 4.57 Å². The van der Waals surface area contributed by atoms with Crippen molar-refractivity contribution in [3.8, 4) is 0 Å². The lowest BCUT2D eigenvalue weighted by molar-refractivity contribution is -0.131. The van der Waals surface area contributed by atoms with E-state index in [2.05, 4.69) is 19.2 Å². The molecule has 0 saturated carbocycles. The molecule has 2 amide bonds. The van der Waals surface area contributed by atoms with Crippen LogP contribution in [0.1, 0.15) is 37.2 Å². The average Bonchev–Trinajstić information content (AvgIpc) is 2.79. The molecule has 21 heavy (non-hydrogen) atoms. The summed E-state index contributed by atoms with van der Waals surface area (Å²) in [6.45, 7) is 4.83. The van der Waals surface area contributed by atoms with Crippen LogP contribution in [0.15, 0.2) is 12.3 Å². The van der Waals surface area contributed by atoms with Gasteiger partial charge in [0.1, 0.15) is 5.69 Å². The van der Waals surface area contributed by atoms with E-state index < -0.39 is 5.91 Å². The van der Waals surface area contributed by atoms with Crippen LogP contribution >= 0.6 is 0 Å². The van der Waals surface area contributed by atoms with Crippen molar-refractivity contribution in [1.29, 1.82) is 0 Å². The number of carbonyl (C=O) groups excluding carboxylic acids is 2. The Morgan fingerprint density at radius 2 is 2.19 bits per heavy atom. The Morgan fingerprint density at radius 1 is 1.48 bits per heavy atom. The molecule has 1 aromatic heterocycles. The molecule has 0 spiro atoms. The highest BCUT2D eigenvalue weighted by Crippen LogP contribution is 2.27. The number of aryl methyl sites for hydroxylation is 1. The minimum Gasteiger partial charge on any atom is -0.377 e. The Bertz CT molecular complexity index is 536. The van der Waals surface area contributed by atoms with Gasteiger partial charge in [-0.25, -0.2) is 0 Å². The first-order chi connectivity index (χ1) is 9.90. The second kappa shape index (κ2) is 6.30. The monoisotopic (exact) mass is 293 g/mol. The number of ether oxygens (including phenoxy) is 1. The summed E-state index contributed by atoms with van der Waals surface area (Å²) in [7, 11) is 1.72. The summed E-state index contributed by atoms with van der Waals surface area (Å²) in [6.07, 6.45) is 3.34. The second-order valence-electron chi connectivity index (χ2n) is 5.91. The van der Waals surface area contributed by atoms with Crippen molar-refractivity contribution in [3.63, 3.8) is 0 Å². The first kappa shape index (κ1) is 15.6. The standard InChI is InChI=1S/C15H23N3O3/c1-9(2)13-11(5-4-6-21-13)15(20)17-10-7-12(14(16)19)18(3)8-10/h7-9,11,13H,4-6H2,1-3H3,(H2,16,19)(H,17,20). The Hall–Kier alpha value is -1.82. The van der Waals surface area contributed by atoms with Gasteiger partial charge in [0, 0.05) is 19.9 Å². The number of nitrogens with zero attached hydrogens (tertiary/aromatic N) is 1. The summed E-state index contributed by atoms with van der Waals surface area (Å²) < 4.78 is 7.34. The first-order valence-corrected chi connectivity index (χ1v) is 7.28. The van der Waals surface area contributed by atoms with Crippen molar-refractivity contribution >= 4 is 17.5 Å². The van der Waals surface area contributed by atoms with Gasteiger partial charge in [-0.3, -0.25) is 9.59 Å². The van der Waals surface area contributed by atoms with Gasteiger partial charge in [0.15, 0.2) is 0 Å². The Labute approximate surface area is 124 Å². The fraction of sp³-hybridized carbons (Fsp3) is 0.600. The van der Waals surface area contributed by atoms with Crippen LogP contribution in [-0.4, -0.2) is 29.1 Å². The highest BCUT2D eigenvalue weighted by atomic mass is 16.5. The number of amides is 2. The molecule has 1 aliphatic rings. The van der Waals surface area contributed by atoms with E-state index in [1.807, 2.05) is 0 Å². The van der Waals surface area contributed by atoms with E-state index in [1.165, 1.54) is 0 Å². The van der Waals surface area contributed by atoms with Gasteiger partial charge in [-0.15, -0.1) is 0 Å². The molecular formula is C15H23N3O3. The Balaban J connectivity index is 2.09. The van der Waals surface area contributed by atoms with Crippen molar-refractivity contribution in [3.05, 3.63) is 18.0 Å². The van der Waals surface area contributed by atoms with E-state index in [9.17, 15) is 9.59 Å². The van der Waals surface area contributed by atoms with Gasteiger partial charge in [-0.1, -0.05) is 13.8 Å². The molecule has 2 unspecified atom stereocenters. The second-order valence-corrected chi connectivity index (χ2v) is 5.91. The van der Waals surface area contributed by atoms with Crippen molar-refractivity contribution < 1.29 is 14.3 Å². The summed E-state index contributed by atoms with van der Waals surface area (Å²) in [6, 6.07) is 1.59. The zero-order chi connectivity index (χ0) is 15.6. The van der Waals surface area contributed by atoms with Crippen LogP contribution in [0.2, 0.25) is 0 Å². The number of carbonyl (C=O) groups is 2. The van der Waals surface area contributed by atoms with E-state index in [0.717, 1.165) is 12.8 Å². The molecule has 0 bridgehead atoms. The SMILES string of the molecule is CC(C)C1OCCCC1C(=O)Nc1cc(C(N)=O)n(C)c1. The number of primary amides is 1. The number of rotatable bonds is 4. The third-order valence-corrected chi connectivity index (χ3v) is 3.89. The topological polar surface area (TPSA) is 86.3 Å². The zero-order valence-corrected chi connectivity index (χ0v) is 12.8. The van der Waals surface area contributed by atoms with Crippen molar-refractivity contribution in [2.75, 3.05) is 11.9 Å². The number of anilines is 1. The average molecular weight is 293 g/mol. The van der Waals surface area contributed by atoms with Crippen LogP contribution in [0, 0.1) is 11.8 Å². The first-order valence-electron chi connectivity index (χ1n) is 7.28. The van der Waals surface area contributed by atoms with Crippen LogP contribution in [0.25, 0.3) is 0 Å². The summed E-state index contributed by atoms with van der Waals surface area (Å²) >= 11 is 0. The quantitative estimate of drug-likeness (QED) is 0.882. The molecule has 1 aromatic rings. The molecule has 0 aliphatic carbocycles. The van der Waals surface area contributed by atoms with Crippen molar-refractivity contribution in [2.45, 2.75) is 32.8 Å². The van der Waals surface area contributed by atoms with Crippen LogP contribution in [0.4, 0.5) is 5.69 Å². The molecule has 6 nitrogen and oxygen atoms in total. The van der Waals surface area contributed by atoms with Crippen molar-refractivity contribution in [2.24, 2.45) is 24.6 Å². The molecule has 2 heterocycles. The molecule has 116 valence electrons. The minimum atomic E-state index is -0.515. The number of aromatic nitrogens is 1. The lowest BCUT2D eigenvalue weighted by atomic mass is 9.87. The van der Waals surface area contributed by atoms with Gasteiger partial charge >= 0.3 is 0 Å². The smallest absolute Gasteiger partial charge is 0.265 e. The molecule has 2 atom stereocenters. The van der Waals surface area contributed by atoms with Gasteiger partial charge in [-0.05, 0) is 24.8 Å². The fourth-order valence-corrected chi connectivity index (χ4v) is 2.85. The molecule has 0 aromatic carbocycles. The molecule has 2 rings (SSSR count). The highest BCUT2D eigenvalue weighted by molar-refractivity contribution is 5.96. The summed E-state index contributed by atoms with van der Waals surface area (Å²) in [5.74, 6) is -0.442. The lowest BCUT2D eigenvalue weighted by Gasteiger charge is -2.33. The predicted octanol–water partition coefficient (Wildman–Crippen LogP) is 1.51. The predicted molar refractivity (Wildman–Crippen MR) is 79.9 cm³/mol. The van der Waals surface area contributed by atoms with Crippen LogP contribution < -0.4 is 11.1 Å². The van der Waals surface area contributed by atoms with Crippen LogP contribution in [0.5, 0.6) is 0 Å². The molecule has 6 heteroatoms.